The van der Waals surface area contributed by atoms with Gasteiger partial charge in [0.1, 0.15) is 11.2 Å². The molecule has 0 saturated heterocycles. The number of rotatable bonds is 4. The van der Waals surface area contributed by atoms with Crippen LogP contribution in [-0.2, 0) is 31.5 Å². The molecule has 1 atom stereocenters. The Kier molecular flexibility index (Phi) is 5.69. The number of ether oxygens (including phenoxy) is 4. The standard InChI is InChI=1S/C20H20O7S/c1-24-15-9-11-5-7-14(21)13-10-27-20(22)16(28(4)23)8-6-12(13)17(11)19(26-3)18(15)25-2/h6,8-10H,5,7H2,1-4H3/b12-6+,13-10-,16-8-. The summed E-state index contributed by atoms with van der Waals surface area (Å²) in [5, 5.41) is 0. The zero-order valence-electron chi connectivity index (χ0n) is 16.0. The minimum atomic E-state index is -1.55. The van der Waals surface area contributed by atoms with Gasteiger partial charge >= 0.3 is 5.97 Å². The lowest BCUT2D eigenvalue weighted by molar-refractivity contribution is -0.132. The van der Waals surface area contributed by atoms with Crippen LogP contribution in [0.5, 0.6) is 17.2 Å². The third kappa shape index (κ3) is 3.35. The highest BCUT2D eigenvalue weighted by molar-refractivity contribution is 7.89. The summed E-state index contributed by atoms with van der Waals surface area (Å²) in [6, 6.07) is 1.81. The molecule has 0 aromatic heterocycles. The van der Waals surface area contributed by atoms with E-state index in [0.717, 1.165) is 11.8 Å². The molecule has 1 aromatic carbocycles. The molecule has 0 radical (unpaired) electrons. The number of hydrogen-bond acceptors (Lipinski definition) is 7. The summed E-state index contributed by atoms with van der Waals surface area (Å²) in [5.74, 6) is 0.357. The van der Waals surface area contributed by atoms with E-state index < -0.39 is 16.8 Å². The molecule has 0 fully saturated rings. The zero-order valence-corrected chi connectivity index (χ0v) is 16.8. The molecule has 1 aromatic rings. The molecule has 0 amide bonds. The molecule has 0 N–H and O–H groups in total. The first-order chi connectivity index (χ1) is 13.4. The van der Waals surface area contributed by atoms with Gasteiger partial charge < -0.3 is 18.9 Å². The fourth-order valence-electron chi connectivity index (χ4n) is 3.28. The van der Waals surface area contributed by atoms with Gasteiger partial charge in [0.2, 0.25) is 5.75 Å². The fourth-order valence-corrected chi connectivity index (χ4v) is 3.82. The average molecular weight is 404 g/mol. The van der Waals surface area contributed by atoms with Crippen molar-refractivity contribution in [3.8, 4) is 17.2 Å². The van der Waals surface area contributed by atoms with Crippen LogP contribution in [0.15, 0.2) is 35.0 Å². The molecule has 8 heteroatoms. The highest BCUT2D eigenvalue weighted by Crippen LogP contribution is 2.48. The van der Waals surface area contributed by atoms with Crippen molar-refractivity contribution in [2.45, 2.75) is 12.8 Å². The van der Waals surface area contributed by atoms with Crippen molar-refractivity contribution >= 4 is 28.1 Å². The van der Waals surface area contributed by atoms with Crippen LogP contribution in [0.2, 0.25) is 0 Å². The quantitative estimate of drug-likeness (QED) is 0.712. The first kappa shape index (κ1) is 19.9. The number of Topliss-reactive ketones (excluding diaryl/α,β-unsaturated/α-hetero) is 1. The molecule has 1 aliphatic carbocycles. The number of benzene rings is 1. The molecule has 2 aliphatic rings. The van der Waals surface area contributed by atoms with E-state index in [9.17, 15) is 13.8 Å². The Morgan fingerprint density at radius 3 is 2.29 bits per heavy atom. The van der Waals surface area contributed by atoms with Crippen LogP contribution in [0.25, 0.3) is 5.57 Å². The molecule has 148 valence electrons. The van der Waals surface area contributed by atoms with Gasteiger partial charge in [0.15, 0.2) is 17.3 Å². The van der Waals surface area contributed by atoms with E-state index in [4.69, 9.17) is 18.9 Å². The minimum Gasteiger partial charge on any atom is -0.493 e. The van der Waals surface area contributed by atoms with E-state index in [1.54, 1.807) is 12.1 Å². The van der Waals surface area contributed by atoms with Gasteiger partial charge in [-0.05, 0) is 29.7 Å². The van der Waals surface area contributed by atoms with Gasteiger partial charge in [0.05, 0.1) is 37.7 Å². The van der Waals surface area contributed by atoms with Crippen LogP contribution < -0.4 is 14.2 Å². The van der Waals surface area contributed by atoms with E-state index in [-0.39, 0.29) is 22.7 Å². The Balaban J connectivity index is 2.37. The van der Waals surface area contributed by atoms with Gasteiger partial charge in [0.25, 0.3) is 0 Å². The molecule has 0 saturated carbocycles. The van der Waals surface area contributed by atoms with Crippen molar-refractivity contribution in [2.75, 3.05) is 27.6 Å². The maximum absolute atomic E-state index is 12.7. The number of carbonyl (C=O) groups is 2. The summed E-state index contributed by atoms with van der Waals surface area (Å²) in [6.45, 7) is 0. The van der Waals surface area contributed by atoms with Gasteiger partial charge in [-0.1, -0.05) is 6.08 Å². The van der Waals surface area contributed by atoms with Crippen molar-refractivity contribution in [3.05, 3.63) is 46.1 Å². The Hall–Kier alpha value is -2.87. The zero-order chi connectivity index (χ0) is 20.4. The van der Waals surface area contributed by atoms with Crippen LogP contribution >= 0.6 is 0 Å². The summed E-state index contributed by atoms with van der Waals surface area (Å²) in [4.78, 5) is 24.8. The third-order valence-electron chi connectivity index (χ3n) is 4.59. The van der Waals surface area contributed by atoms with Crippen molar-refractivity contribution in [3.63, 3.8) is 0 Å². The second-order valence-electron chi connectivity index (χ2n) is 6.10. The van der Waals surface area contributed by atoms with Gasteiger partial charge in [-0.25, -0.2) is 4.79 Å². The van der Waals surface area contributed by atoms with Crippen molar-refractivity contribution in [1.82, 2.24) is 0 Å². The number of allylic oxidation sites excluding steroid dienone is 4. The number of fused-ring (bicyclic) bond motifs is 3. The molecule has 1 aliphatic heterocycles. The summed E-state index contributed by atoms with van der Waals surface area (Å²) in [7, 11) is 2.97. The number of methoxy groups -OCH3 is 3. The van der Waals surface area contributed by atoms with E-state index >= 15 is 0 Å². The van der Waals surface area contributed by atoms with Crippen LogP contribution in [0.4, 0.5) is 0 Å². The lowest BCUT2D eigenvalue weighted by Gasteiger charge is -2.20. The van der Waals surface area contributed by atoms with Gasteiger partial charge in [-0.3, -0.25) is 9.00 Å². The Morgan fingerprint density at radius 2 is 1.68 bits per heavy atom. The monoisotopic (exact) mass is 404 g/mol. The number of esters is 1. The topological polar surface area (TPSA) is 88.1 Å². The Bertz CT molecular complexity index is 969. The molecule has 28 heavy (non-hydrogen) atoms. The second-order valence-corrected chi connectivity index (χ2v) is 7.45. The SMILES string of the molecule is COc1cc2c(c(OC)c1OC)C1=C/C=C(\S(C)=O)C(=O)O\C=C\1C(=O)CC2. The molecule has 0 spiro atoms. The predicted molar refractivity (Wildman–Crippen MR) is 104 cm³/mol. The number of cyclic esters (lactones) is 1. The molecule has 1 heterocycles. The van der Waals surface area contributed by atoms with Crippen LogP contribution in [0.1, 0.15) is 17.5 Å². The summed E-state index contributed by atoms with van der Waals surface area (Å²) < 4.78 is 33.5. The predicted octanol–water partition coefficient (Wildman–Crippen LogP) is 2.31. The van der Waals surface area contributed by atoms with Crippen molar-refractivity contribution < 1.29 is 32.7 Å². The highest BCUT2D eigenvalue weighted by Gasteiger charge is 2.31. The largest absolute Gasteiger partial charge is 0.493 e. The van der Waals surface area contributed by atoms with E-state index in [2.05, 4.69) is 0 Å². The maximum atomic E-state index is 12.7. The van der Waals surface area contributed by atoms with E-state index in [1.807, 2.05) is 0 Å². The van der Waals surface area contributed by atoms with Crippen LogP contribution in [-0.4, -0.2) is 43.5 Å². The molecule has 3 rings (SSSR count). The summed E-state index contributed by atoms with van der Waals surface area (Å²) >= 11 is 0. The number of carbonyl (C=O) groups excluding carboxylic acids is 2. The van der Waals surface area contributed by atoms with Gasteiger partial charge in [0, 0.05) is 18.2 Å². The second kappa shape index (κ2) is 8.02. The molecular weight excluding hydrogens is 384 g/mol. The summed E-state index contributed by atoms with van der Waals surface area (Å²) in [6.07, 6.45) is 6.20. The van der Waals surface area contributed by atoms with Gasteiger partial charge in [-0.2, -0.15) is 0 Å². The maximum Gasteiger partial charge on any atom is 0.352 e. The highest BCUT2D eigenvalue weighted by atomic mass is 32.2. The average Bonchev–Trinajstić information content (AvgIpc) is 2.79. The molecular formula is C20H20O7S. The number of hydrogen-bond donors (Lipinski definition) is 0. The van der Waals surface area contributed by atoms with E-state index in [1.165, 1.54) is 33.7 Å². The first-order valence-corrected chi connectivity index (χ1v) is 10.0. The molecule has 0 bridgehead atoms. The Labute approximate surface area is 165 Å². The van der Waals surface area contributed by atoms with Crippen LogP contribution in [0.3, 0.4) is 0 Å². The molecule has 1 unspecified atom stereocenters. The van der Waals surface area contributed by atoms with Crippen molar-refractivity contribution in [1.29, 1.82) is 0 Å². The van der Waals surface area contributed by atoms with Crippen LogP contribution in [0, 0.1) is 0 Å². The smallest absolute Gasteiger partial charge is 0.352 e. The molecule has 7 nitrogen and oxygen atoms in total. The normalized spacial score (nSPS) is 22.9. The lowest BCUT2D eigenvalue weighted by atomic mass is 9.93. The lowest BCUT2D eigenvalue weighted by Crippen LogP contribution is -2.12. The van der Waals surface area contributed by atoms with Gasteiger partial charge in [-0.15, -0.1) is 0 Å². The Morgan fingerprint density at radius 1 is 0.964 bits per heavy atom. The van der Waals surface area contributed by atoms with Crippen molar-refractivity contribution in [2.24, 2.45) is 0 Å². The fraction of sp³-hybridized carbons (Fsp3) is 0.300. The first-order valence-electron chi connectivity index (χ1n) is 8.45. The number of ketones is 1. The van der Waals surface area contributed by atoms with E-state index in [0.29, 0.717) is 34.8 Å². The summed E-state index contributed by atoms with van der Waals surface area (Å²) in [5.41, 5.74) is 2.23. The third-order valence-corrected chi connectivity index (χ3v) is 5.51. The minimum absolute atomic E-state index is 0.000453. The number of aryl methyl sites for hydroxylation is 1.